The minimum absolute atomic E-state index is 0.470. The van der Waals surface area contributed by atoms with Crippen LogP contribution in [0.5, 0.6) is 0 Å². The van der Waals surface area contributed by atoms with Gasteiger partial charge in [-0.1, -0.05) is 0 Å². The number of esters is 3. The first-order valence-electron chi connectivity index (χ1n) is 5.40. The van der Waals surface area contributed by atoms with Gasteiger partial charge < -0.3 is 25.3 Å². The molecule has 0 aliphatic carbocycles. The van der Waals surface area contributed by atoms with Crippen molar-refractivity contribution in [2.75, 3.05) is 21.3 Å². The standard InChI is InChI=1S/C11H14N2O7/c1-18-5(14)4-11(10(17)20-3)6(9(16)19-2)7(12)8(15)13-11/h4,12H2,1-3H3,(H,13,15)/t11-/m1/s1. The second-order valence-electron chi connectivity index (χ2n) is 3.88. The quantitative estimate of drug-likeness (QED) is 0.446. The van der Waals surface area contributed by atoms with Gasteiger partial charge in [-0.25, -0.2) is 9.59 Å². The van der Waals surface area contributed by atoms with E-state index in [0.29, 0.717) is 0 Å². The molecule has 1 rings (SSSR count). The van der Waals surface area contributed by atoms with Gasteiger partial charge in [-0.2, -0.15) is 0 Å². The normalized spacial score (nSPS) is 21.2. The van der Waals surface area contributed by atoms with Crippen molar-refractivity contribution in [3.05, 3.63) is 11.3 Å². The second kappa shape index (κ2) is 5.59. The van der Waals surface area contributed by atoms with Crippen LogP contribution in [-0.4, -0.2) is 50.7 Å². The second-order valence-corrected chi connectivity index (χ2v) is 3.88. The van der Waals surface area contributed by atoms with Gasteiger partial charge in [0, 0.05) is 0 Å². The summed E-state index contributed by atoms with van der Waals surface area (Å²) in [6.45, 7) is 0. The maximum atomic E-state index is 12.0. The predicted octanol–water partition coefficient (Wildman–Crippen LogP) is -2.02. The average molecular weight is 286 g/mol. The van der Waals surface area contributed by atoms with Crippen LogP contribution in [0.3, 0.4) is 0 Å². The Morgan fingerprint density at radius 1 is 1.15 bits per heavy atom. The fraction of sp³-hybridized carbons (Fsp3) is 0.455. The van der Waals surface area contributed by atoms with Crippen LogP contribution in [0.25, 0.3) is 0 Å². The van der Waals surface area contributed by atoms with Crippen LogP contribution in [0, 0.1) is 0 Å². The van der Waals surface area contributed by atoms with E-state index in [4.69, 9.17) is 5.73 Å². The van der Waals surface area contributed by atoms with Crippen molar-refractivity contribution in [2.24, 2.45) is 5.73 Å². The molecule has 3 N–H and O–H groups in total. The van der Waals surface area contributed by atoms with Crippen LogP contribution in [0.15, 0.2) is 11.3 Å². The lowest BCUT2D eigenvalue weighted by atomic mass is 9.87. The molecule has 0 saturated heterocycles. The lowest BCUT2D eigenvalue weighted by molar-refractivity contribution is -0.155. The molecule has 9 nitrogen and oxygen atoms in total. The fourth-order valence-electron chi connectivity index (χ4n) is 1.87. The number of methoxy groups -OCH3 is 3. The van der Waals surface area contributed by atoms with Gasteiger partial charge in [0.2, 0.25) is 0 Å². The monoisotopic (exact) mass is 286 g/mol. The van der Waals surface area contributed by atoms with Crippen molar-refractivity contribution in [3.8, 4) is 0 Å². The Labute approximate surface area is 114 Å². The number of hydrogen-bond acceptors (Lipinski definition) is 8. The Hall–Kier alpha value is -2.58. The largest absolute Gasteiger partial charge is 0.469 e. The highest BCUT2D eigenvalue weighted by atomic mass is 16.5. The third kappa shape index (κ3) is 2.29. The Morgan fingerprint density at radius 3 is 2.20 bits per heavy atom. The molecule has 0 radical (unpaired) electrons. The molecule has 9 heteroatoms. The number of rotatable bonds is 4. The first kappa shape index (κ1) is 15.5. The van der Waals surface area contributed by atoms with E-state index in [1.807, 2.05) is 0 Å². The summed E-state index contributed by atoms with van der Waals surface area (Å²) in [6.07, 6.45) is -0.646. The maximum absolute atomic E-state index is 12.0. The predicted molar refractivity (Wildman–Crippen MR) is 62.8 cm³/mol. The summed E-state index contributed by atoms with van der Waals surface area (Å²) in [5.41, 5.74) is 2.47. The molecule has 0 aromatic heterocycles. The molecule has 0 aromatic rings. The smallest absolute Gasteiger partial charge is 0.339 e. The molecule has 0 spiro atoms. The molecule has 1 aliphatic rings. The van der Waals surface area contributed by atoms with Crippen LogP contribution in [0.2, 0.25) is 0 Å². The van der Waals surface area contributed by atoms with Gasteiger partial charge in [-0.05, 0) is 0 Å². The topological polar surface area (TPSA) is 134 Å². The van der Waals surface area contributed by atoms with Gasteiger partial charge in [-0.3, -0.25) is 9.59 Å². The zero-order valence-corrected chi connectivity index (χ0v) is 11.1. The van der Waals surface area contributed by atoms with E-state index in [0.717, 1.165) is 21.3 Å². The van der Waals surface area contributed by atoms with Crippen LogP contribution in [0.1, 0.15) is 6.42 Å². The van der Waals surface area contributed by atoms with Crippen molar-refractivity contribution < 1.29 is 33.4 Å². The third-order valence-electron chi connectivity index (χ3n) is 2.83. The van der Waals surface area contributed by atoms with Crippen LogP contribution < -0.4 is 11.1 Å². The molecular formula is C11H14N2O7. The number of nitrogens with one attached hydrogen (secondary N) is 1. The molecule has 0 unspecified atom stereocenters. The van der Waals surface area contributed by atoms with Crippen molar-refractivity contribution in [1.82, 2.24) is 5.32 Å². The molecule has 1 heterocycles. The van der Waals surface area contributed by atoms with E-state index in [9.17, 15) is 19.2 Å². The Bertz CT molecular complexity index is 511. The zero-order valence-electron chi connectivity index (χ0n) is 11.1. The van der Waals surface area contributed by atoms with E-state index < -0.39 is 47.0 Å². The molecule has 0 fully saturated rings. The summed E-state index contributed by atoms with van der Waals surface area (Å²) in [5.74, 6) is -3.77. The first-order valence-corrected chi connectivity index (χ1v) is 5.40. The summed E-state index contributed by atoms with van der Waals surface area (Å²) in [6, 6.07) is 0. The Morgan fingerprint density at radius 2 is 1.75 bits per heavy atom. The number of nitrogens with two attached hydrogens (primary N) is 1. The van der Waals surface area contributed by atoms with Crippen molar-refractivity contribution in [3.63, 3.8) is 0 Å². The van der Waals surface area contributed by atoms with Gasteiger partial charge in [0.05, 0.1) is 27.8 Å². The highest BCUT2D eigenvalue weighted by molar-refractivity contribution is 6.15. The van der Waals surface area contributed by atoms with Crippen molar-refractivity contribution in [1.29, 1.82) is 0 Å². The lowest BCUT2D eigenvalue weighted by Crippen LogP contribution is -2.55. The van der Waals surface area contributed by atoms with Crippen LogP contribution in [0.4, 0.5) is 0 Å². The minimum Gasteiger partial charge on any atom is -0.469 e. The molecule has 1 atom stereocenters. The highest BCUT2D eigenvalue weighted by Gasteiger charge is 2.56. The van der Waals surface area contributed by atoms with E-state index >= 15 is 0 Å². The summed E-state index contributed by atoms with van der Waals surface area (Å²) in [4.78, 5) is 46.8. The Balaban J connectivity index is 3.43. The van der Waals surface area contributed by atoms with Gasteiger partial charge in [0.1, 0.15) is 11.3 Å². The average Bonchev–Trinajstić information content (AvgIpc) is 2.69. The Kier molecular flexibility index (Phi) is 4.33. The minimum atomic E-state index is -2.05. The van der Waals surface area contributed by atoms with Gasteiger partial charge in [0.25, 0.3) is 5.91 Å². The molecule has 110 valence electrons. The van der Waals surface area contributed by atoms with Gasteiger partial charge >= 0.3 is 17.9 Å². The summed E-state index contributed by atoms with van der Waals surface area (Å²) < 4.78 is 13.5. The van der Waals surface area contributed by atoms with Crippen molar-refractivity contribution in [2.45, 2.75) is 12.0 Å². The molecular weight excluding hydrogens is 272 g/mol. The number of hydrogen-bond donors (Lipinski definition) is 2. The highest BCUT2D eigenvalue weighted by Crippen LogP contribution is 2.31. The van der Waals surface area contributed by atoms with Crippen LogP contribution >= 0.6 is 0 Å². The molecule has 0 saturated carbocycles. The molecule has 0 aromatic carbocycles. The summed E-state index contributed by atoms with van der Waals surface area (Å²) >= 11 is 0. The van der Waals surface area contributed by atoms with Crippen LogP contribution in [-0.2, 0) is 33.4 Å². The maximum Gasteiger partial charge on any atom is 0.339 e. The van der Waals surface area contributed by atoms with Gasteiger partial charge in [-0.15, -0.1) is 0 Å². The third-order valence-corrected chi connectivity index (χ3v) is 2.83. The first-order chi connectivity index (χ1) is 9.33. The zero-order chi connectivity index (χ0) is 15.5. The number of carbonyl (C=O) groups is 4. The molecule has 1 amide bonds. The van der Waals surface area contributed by atoms with Gasteiger partial charge in [0.15, 0.2) is 5.54 Å². The fourth-order valence-corrected chi connectivity index (χ4v) is 1.87. The summed E-state index contributed by atoms with van der Waals surface area (Å²) in [7, 11) is 3.18. The molecule has 0 bridgehead atoms. The van der Waals surface area contributed by atoms with Crippen molar-refractivity contribution >= 4 is 23.8 Å². The molecule has 1 aliphatic heterocycles. The van der Waals surface area contributed by atoms with E-state index in [1.54, 1.807) is 0 Å². The lowest BCUT2D eigenvalue weighted by Gasteiger charge is -2.26. The van der Waals surface area contributed by atoms with E-state index in [-0.39, 0.29) is 0 Å². The summed E-state index contributed by atoms with van der Waals surface area (Å²) in [5, 5.41) is 2.18. The number of carbonyl (C=O) groups excluding carboxylic acids is 4. The number of ether oxygens (including phenoxy) is 3. The number of amides is 1. The van der Waals surface area contributed by atoms with E-state index in [1.165, 1.54) is 0 Å². The SMILES string of the molecule is COC(=O)C[C@@]1(C(=O)OC)NC(=O)C(N)=C1C(=O)OC. The van der Waals surface area contributed by atoms with E-state index in [2.05, 4.69) is 19.5 Å². The molecule has 20 heavy (non-hydrogen) atoms.